The molecular weight excluding hydrogens is 340 g/mol. The Balaban J connectivity index is 3.04. The number of ether oxygens (including phenoxy) is 3. The zero-order valence-electron chi connectivity index (χ0n) is 16.8. The third-order valence-electron chi connectivity index (χ3n) is 4.72. The van der Waals surface area contributed by atoms with Gasteiger partial charge in [0.15, 0.2) is 6.29 Å². The van der Waals surface area contributed by atoms with Crippen molar-refractivity contribution in [3.05, 3.63) is 0 Å². The number of cyclic esters (lactones) is 1. The summed E-state index contributed by atoms with van der Waals surface area (Å²) in [5.74, 6) is -1.25. The molecule has 1 rings (SSSR count). The van der Waals surface area contributed by atoms with Crippen molar-refractivity contribution >= 4 is 17.9 Å². The minimum atomic E-state index is -1.05. The van der Waals surface area contributed by atoms with E-state index in [1.807, 2.05) is 20.8 Å². The van der Waals surface area contributed by atoms with Gasteiger partial charge < -0.3 is 19.5 Å². The van der Waals surface area contributed by atoms with Crippen LogP contribution in [0.3, 0.4) is 0 Å². The van der Waals surface area contributed by atoms with E-state index in [1.165, 1.54) is 11.8 Å². The zero-order valence-corrected chi connectivity index (χ0v) is 16.8. The van der Waals surface area contributed by atoms with Crippen LogP contribution in [-0.4, -0.2) is 60.5 Å². The van der Waals surface area contributed by atoms with Crippen LogP contribution in [0.15, 0.2) is 0 Å². The molecular formula is C18H32N2O6. The van der Waals surface area contributed by atoms with Crippen molar-refractivity contribution in [2.45, 2.75) is 66.4 Å². The number of amides is 3. The fourth-order valence-electron chi connectivity index (χ4n) is 2.89. The van der Waals surface area contributed by atoms with Crippen LogP contribution in [-0.2, 0) is 23.8 Å². The maximum absolute atomic E-state index is 13.1. The number of hydrogen-bond donors (Lipinski definition) is 1. The average molecular weight is 372 g/mol. The van der Waals surface area contributed by atoms with Gasteiger partial charge in [-0.05, 0) is 26.7 Å². The van der Waals surface area contributed by atoms with Gasteiger partial charge in [0.1, 0.15) is 6.61 Å². The predicted octanol–water partition coefficient (Wildman–Crippen LogP) is 1.92. The molecule has 150 valence electrons. The average Bonchev–Trinajstić information content (AvgIpc) is 2.93. The second kappa shape index (κ2) is 9.32. The second-order valence-electron chi connectivity index (χ2n) is 7.18. The van der Waals surface area contributed by atoms with E-state index in [4.69, 9.17) is 14.2 Å². The molecule has 1 aliphatic heterocycles. The van der Waals surface area contributed by atoms with Gasteiger partial charge in [0.25, 0.3) is 0 Å². The maximum Gasteiger partial charge on any atom is 0.416 e. The van der Waals surface area contributed by atoms with Crippen LogP contribution in [0, 0.1) is 11.8 Å². The van der Waals surface area contributed by atoms with Crippen molar-refractivity contribution in [3.63, 3.8) is 0 Å². The lowest BCUT2D eigenvalue weighted by Crippen LogP contribution is -2.56. The Morgan fingerprint density at radius 3 is 2.46 bits per heavy atom. The molecule has 3 amide bonds. The third kappa shape index (κ3) is 5.41. The van der Waals surface area contributed by atoms with Gasteiger partial charge in [-0.3, -0.25) is 9.59 Å². The number of carbonyl (C=O) groups excluding carboxylic acids is 3. The molecule has 0 aliphatic carbocycles. The number of hydrogen-bond acceptors (Lipinski definition) is 6. The van der Waals surface area contributed by atoms with Crippen molar-refractivity contribution < 1.29 is 28.6 Å². The molecule has 8 nitrogen and oxygen atoms in total. The maximum atomic E-state index is 13.1. The lowest BCUT2D eigenvalue weighted by atomic mass is 9.88. The van der Waals surface area contributed by atoms with Gasteiger partial charge in [-0.15, -0.1) is 0 Å². The highest BCUT2D eigenvalue weighted by Gasteiger charge is 2.47. The zero-order chi connectivity index (χ0) is 20.1. The molecule has 1 fully saturated rings. The van der Waals surface area contributed by atoms with Crippen molar-refractivity contribution in [3.8, 4) is 0 Å². The van der Waals surface area contributed by atoms with Crippen molar-refractivity contribution in [2.24, 2.45) is 11.8 Å². The molecule has 1 aliphatic rings. The first-order valence-electron chi connectivity index (χ1n) is 9.07. The molecule has 0 spiro atoms. The Morgan fingerprint density at radius 2 is 1.96 bits per heavy atom. The second-order valence-corrected chi connectivity index (χ2v) is 7.18. The van der Waals surface area contributed by atoms with E-state index in [2.05, 4.69) is 5.32 Å². The third-order valence-corrected chi connectivity index (χ3v) is 4.72. The molecule has 26 heavy (non-hydrogen) atoms. The minimum absolute atomic E-state index is 0.0717. The van der Waals surface area contributed by atoms with Crippen LogP contribution < -0.4 is 5.32 Å². The summed E-state index contributed by atoms with van der Waals surface area (Å²) in [4.78, 5) is 37.7. The Kier molecular flexibility index (Phi) is 8.02. The smallest absolute Gasteiger partial charge is 0.416 e. The highest BCUT2D eigenvalue weighted by atomic mass is 16.7. The standard InChI is InChI=1S/C18H32N2O6/c1-8-24-14(6)26-18(7,10-19-13(5)21)12(4)16(22)20-15(11(2)3)9-25-17(20)23/h11-12,14-15H,8-10H2,1-7H3,(H,19,21)/t12-,14?,15+,18+/m0/s1. The van der Waals surface area contributed by atoms with Gasteiger partial charge in [0.05, 0.1) is 17.6 Å². The highest BCUT2D eigenvalue weighted by molar-refractivity contribution is 5.95. The molecule has 1 N–H and O–H groups in total. The summed E-state index contributed by atoms with van der Waals surface area (Å²) in [5.41, 5.74) is -1.05. The van der Waals surface area contributed by atoms with Crippen LogP contribution in [0.25, 0.3) is 0 Å². The molecule has 1 unspecified atom stereocenters. The van der Waals surface area contributed by atoms with E-state index in [0.29, 0.717) is 6.61 Å². The first kappa shape index (κ1) is 22.4. The normalized spacial score (nSPS) is 21.9. The van der Waals surface area contributed by atoms with Crippen LogP contribution >= 0.6 is 0 Å². The first-order chi connectivity index (χ1) is 12.0. The Morgan fingerprint density at radius 1 is 1.35 bits per heavy atom. The van der Waals surface area contributed by atoms with Crippen LogP contribution in [0.1, 0.15) is 48.5 Å². The van der Waals surface area contributed by atoms with Crippen LogP contribution in [0.4, 0.5) is 4.79 Å². The summed E-state index contributed by atoms with van der Waals surface area (Å²) in [6.45, 7) is 13.0. The summed E-state index contributed by atoms with van der Waals surface area (Å²) < 4.78 is 16.5. The molecule has 0 aromatic rings. The van der Waals surface area contributed by atoms with Gasteiger partial charge in [0.2, 0.25) is 11.8 Å². The molecule has 0 radical (unpaired) electrons. The van der Waals surface area contributed by atoms with Gasteiger partial charge in [-0.1, -0.05) is 20.8 Å². The number of rotatable bonds is 9. The molecule has 0 aromatic heterocycles. The number of nitrogens with zero attached hydrogens (tertiary/aromatic N) is 1. The molecule has 0 saturated carbocycles. The lowest BCUT2D eigenvalue weighted by molar-refractivity contribution is -0.210. The molecule has 0 bridgehead atoms. The van der Waals surface area contributed by atoms with Crippen LogP contribution in [0.2, 0.25) is 0 Å². The van der Waals surface area contributed by atoms with Gasteiger partial charge in [-0.25, -0.2) is 9.69 Å². The summed E-state index contributed by atoms with van der Waals surface area (Å²) in [6, 6.07) is -0.313. The number of carbonyl (C=O) groups is 3. The monoisotopic (exact) mass is 372 g/mol. The largest absolute Gasteiger partial charge is 0.447 e. The first-order valence-corrected chi connectivity index (χ1v) is 9.07. The minimum Gasteiger partial charge on any atom is -0.447 e. The topological polar surface area (TPSA) is 94.2 Å². The van der Waals surface area contributed by atoms with E-state index in [0.717, 1.165) is 0 Å². The Labute approximate surface area is 155 Å². The van der Waals surface area contributed by atoms with Crippen molar-refractivity contribution in [1.29, 1.82) is 0 Å². The van der Waals surface area contributed by atoms with Gasteiger partial charge in [-0.2, -0.15) is 0 Å². The molecule has 8 heteroatoms. The van der Waals surface area contributed by atoms with E-state index in [1.54, 1.807) is 20.8 Å². The lowest BCUT2D eigenvalue weighted by Gasteiger charge is -2.38. The van der Waals surface area contributed by atoms with Crippen molar-refractivity contribution in [1.82, 2.24) is 10.2 Å². The van der Waals surface area contributed by atoms with E-state index in [9.17, 15) is 14.4 Å². The summed E-state index contributed by atoms with van der Waals surface area (Å²) in [5, 5.41) is 2.70. The predicted molar refractivity (Wildman–Crippen MR) is 95.2 cm³/mol. The fourth-order valence-corrected chi connectivity index (χ4v) is 2.89. The number of nitrogens with one attached hydrogen (secondary N) is 1. The van der Waals surface area contributed by atoms with Gasteiger partial charge >= 0.3 is 6.09 Å². The van der Waals surface area contributed by atoms with Gasteiger partial charge in [0, 0.05) is 20.1 Å². The Hall–Kier alpha value is -1.67. The summed E-state index contributed by atoms with van der Waals surface area (Å²) >= 11 is 0. The molecule has 4 atom stereocenters. The quantitative estimate of drug-likeness (QED) is 0.622. The summed E-state index contributed by atoms with van der Waals surface area (Å²) in [6.07, 6.45) is -1.21. The number of imide groups is 1. The molecule has 0 aromatic carbocycles. The van der Waals surface area contributed by atoms with E-state index < -0.39 is 23.9 Å². The van der Waals surface area contributed by atoms with E-state index >= 15 is 0 Å². The fraction of sp³-hybridized carbons (Fsp3) is 0.833. The van der Waals surface area contributed by atoms with Crippen molar-refractivity contribution in [2.75, 3.05) is 19.8 Å². The SMILES string of the molecule is CCOC(C)O[C@](C)(CNC(C)=O)[C@@H](C)C(=O)N1C(=O)OC[C@@H]1C(C)C. The highest BCUT2D eigenvalue weighted by Crippen LogP contribution is 2.29. The molecule has 1 heterocycles. The Bertz CT molecular complexity index is 524. The van der Waals surface area contributed by atoms with Crippen LogP contribution in [0.5, 0.6) is 0 Å². The molecule has 1 saturated heterocycles. The van der Waals surface area contributed by atoms with E-state index in [-0.39, 0.29) is 36.9 Å². The summed E-state index contributed by atoms with van der Waals surface area (Å²) in [7, 11) is 0.